The number of nitrogens with one attached hydrogen (secondary N) is 4. The van der Waals surface area contributed by atoms with Crippen LogP contribution in [-0.2, 0) is 25.6 Å². The number of nitrogens with two attached hydrogens (primary N) is 2. The monoisotopic (exact) mass is 768 g/mol. The molecular weight excluding hydrogens is 709 g/mol. The Morgan fingerprint density at radius 3 is 2.21 bits per heavy atom. The Labute approximate surface area is 330 Å². The number of amides is 4. The van der Waals surface area contributed by atoms with Crippen molar-refractivity contribution in [2.24, 2.45) is 17.4 Å². The molecule has 1 aliphatic rings. The number of hydrogen-bond acceptors (Lipinski definition) is 7. The van der Waals surface area contributed by atoms with Gasteiger partial charge in [-0.25, -0.2) is 4.79 Å². The zero-order chi connectivity index (χ0) is 40.6. The van der Waals surface area contributed by atoms with Gasteiger partial charge in [-0.3, -0.25) is 23.7 Å². The van der Waals surface area contributed by atoms with Gasteiger partial charge >= 0.3 is 5.69 Å². The maximum atomic E-state index is 14.1. The van der Waals surface area contributed by atoms with E-state index in [0.29, 0.717) is 63.7 Å². The minimum Gasteiger partial charge on any atom is -0.343 e. The highest BCUT2D eigenvalue weighted by Gasteiger charge is 2.34. The number of imidazole rings is 1. The van der Waals surface area contributed by atoms with Crippen molar-refractivity contribution in [3.05, 3.63) is 107 Å². The fourth-order valence-electron chi connectivity index (χ4n) is 7.08. The number of nitrogens with zero attached hydrogens (tertiary/aromatic N) is 2. The molecular formula is C43H60N8O5. The Hall–Kier alpha value is -5.27. The van der Waals surface area contributed by atoms with E-state index in [2.05, 4.69) is 27.5 Å². The minimum atomic E-state index is -1.03. The summed E-state index contributed by atoms with van der Waals surface area (Å²) in [6, 6.07) is 13.0. The SMILES string of the molecule is C=C(/C=C\C=C/C)C[C@@H](N)C(=O)N[C@H](Cc1ccccc1)C(=O)N[C@H](CC(C)C)C(=O)N[C@H](CCCCN)C(=O)N1CCC(n2c(=O)[nH]c3ccccc32)CC1. The summed E-state index contributed by atoms with van der Waals surface area (Å²) in [7, 11) is 0. The number of allylic oxidation sites excluding steroid dienone is 4. The quantitative estimate of drug-likeness (QED) is 0.0743. The molecule has 2 aromatic carbocycles. The Balaban J connectivity index is 1.47. The van der Waals surface area contributed by atoms with E-state index in [1.54, 1.807) is 15.5 Å². The van der Waals surface area contributed by atoms with Gasteiger partial charge in [0.15, 0.2) is 0 Å². The number of para-hydroxylation sites is 2. The summed E-state index contributed by atoms with van der Waals surface area (Å²) in [5.74, 6) is -1.73. The number of aromatic amines is 1. The summed E-state index contributed by atoms with van der Waals surface area (Å²) in [5, 5.41) is 8.68. The fraction of sp³-hybridized carbons (Fsp3) is 0.465. The van der Waals surface area contributed by atoms with Gasteiger partial charge < -0.3 is 37.3 Å². The van der Waals surface area contributed by atoms with Crippen LogP contribution in [0.5, 0.6) is 0 Å². The summed E-state index contributed by atoms with van der Waals surface area (Å²) in [4.78, 5) is 73.0. The van der Waals surface area contributed by atoms with Crippen LogP contribution in [-0.4, -0.2) is 81.9 Å². The summed E-state index contributed by atoms with van der Waals surface area (Å²) in [6.45, 7) is 11.1. The summed E-state index contributed by atoms with van der Waals surface area (Å²) >= 11 is 0. The van der Waals surface area contributed by atoms with Crippen molar-refractivity contribution in [1.82, 2.24) is 30.4 Å². The molecule has 4 amide bonds. The number of hydrogen-bond donors (Lipinski definition) is 6. The first kappa shape index (κ1) is 43.5. The van der Waals surface area contributed by atoms with Crippen LogP contribution in [0.4, 0.5) is 0 Å². The molecule has 0 bridgehead atoms. The summed E-state index contributed by atoms with van der Waals surface area (Å²) < 4.78 is 1.78. The average molecular weight is 769 g/mol. The third-order valence-electron chi connectivity index (χ3n) is 10.0. The van der Waals surface area contributed by atoms with Crippen LogP contribution in [0.25, 0.3) is 11.0 Å². The molecule has 13 heteroatoms. The van der Waals surface area contributed by atoms with Crippen LogP contribution in [0.2, 0.25) is 0 Å². The number of unbranched alkanes of at least 4 members (excludes halogenated alkanes) is 1. The van der Waals surface area contributed by atoms with Crippen LogP contribution in [0.1, 0.15) is 77.3 Å². The van der Waals surface area contributed by atoms with Gasteiger partial charge in [0.25, 0.3) is 0 Å². The van der Waals surface area contributed by atoms with E-state index in [4.69, 9.17) is 11.5 Å². The van der Waals surface area contributed by atoms with Crippen LogP contribution in [0.15, 0.2) is 95.8 Å². The molecule has 0 radical (unpaired) electrons. The van der Waals surface area contributed by atoms with E-state index < -0.39 is 41.9 Å². The standard InChI is InChI=1S/C43H60N8O5/c1-5-6-8-15-30(4)27-33(45)39(52)47-37(28-31-16-9-7-10-17-31)41(54)48-36(26-29(2)3)40(53)46-35(19-13-14-23-44)42(55)50-24-21-32(22-25-50)51-38-20-12-11-18-34(38)49-43(51)56/h5-12,15-18,20,29,32-33,35-37H,4,13-14,19,21-28,44-45H2,1-3H3,(H,46,53)(H,47,52)(H,48,54)(H,49,56)/b6-5-,15-8-/t33-,35-,36-,37-/m1/s1. The molecule has 56 heavy (non-hydrogen) atoms. The molecule has 1 aliphatic heterocycles. The van der Waals surface area contributed by atoms with Crippen LogP contribution in [0, 0.1) is 5.92 Å². The Bertz CT molecular complexity index is 1890. The lowest BCUT2D eigenvalue weighted by atomic mass is 9.99. The molecule has 0 aliphatic carbocycles. The van der Waals surface area contributed by atoms with Gasteiger partial charge in [-0.05, 0) is 82.0 Å². The minimum absolute atomic E-state index is 0.0154. The molecule has 13 nitrogen and oxygen atoms in total. The highest BCUT2D eigenvalue weighted by atomic mass is 16.2. The van der Waals surface area contributed by atoms with Crippen molar-refractivity contribution in [3.63, 3.8) is 0 Å². The summed E-state index contributed by atoms with van der Waals surface area (Å²) in [6.07, 6.45) is 10.8. The second kappa shape index (κ2) is 21.7. The molecule has 1 aromatic heterocycles. The first-order chi connectivity index (χ1) is 26.9. The number of benzene rings is 2. The second-order valence-corrected chi connectivity index (χ2v) is 15.0. The molecule has 302 valence electrons. The van der Waals surface area contributed by atoms with Crippen molar-refractivity contribution in [1.29, 1.82) is 0 Å². The number of carbonyl (C=O) groups excluding carboxylic acids is 4. The molecule has 4 rings (SSSR count). The summed E-state index contributed by atoms with van der Waals surface area (Å²) in [5.41, 5.74) is 14.9. The second-order valence-electron chi connectivity index (χ2n) is 15.0. The van der Waals surface area contributed by atoms with E-state index >= 15 is 0 Å². The van der Waals surface area contributed by atoms with Gasteiger partial charge in [0.05, 0.1) is 17.1 Å². The molecule has 0 saturated carbocycles. The van der Waals surface area contributed by atoms with Crippen LogP contribution >= 0.6 is 0 Å². The first-order valence-corrected chi connectivity index (χ1v) is 19.8. The maximum absolute atomic E-state index is 14.1. The molecule has 0 spiro atoms. The van der Waals surface area contributed by atoms with Crippen molar-refractivity contribution < 1.29 is 19.2 Å². The van der Waals surface area contributed by atoms with Gasteiger partial charge in [-0.2, -0.15) is 0 Å². The van der Waals surface area contributed by atoms with Gasteiger partial charge in [0, 0.05) is 25.6 Å². The number of aromatic nitrogens is 2. The van der Waals surface area contributed by atoms with Crippen LogP contribution < -0.4 is 33.1 Å². The van der Waals surface area contributed by atoms with Gasteiger partial charge in [0.1, 0.15) is 18.1 Å². The number of rotatable bonds is 20. The van der Waals surface area contributed by atoms with E-state index in [1.165, 1.54) is 0 Å². The maximum Gasteiger partial charge on any atom is 0.326 e. The van der Waals surface area contributed by atoms with Crippen molar-refractivity contribution in [2.75, 3.05) is 19.6 Å². The normalized spacial score (nSPS) is 15.9. The number of H-pyrrole nitrogens is 1. The zero-order valence-electron chi connectivity index (χ0n) is 33.0. The van der Waals surface area contributed by atoms with Gasteiger partial charge in [-0.1, -0.05) is 92.8 Å². The topological polar surface area (TPSA) is 197 Å². The lowest BCUT2D eigenvalue weighted by molar-refractivity contribution is -0.139. The van der Waals surface area contributed by atoms with E-state index in [0.717, 1.165) is 16.6 Å². The Kier molecular flexibility index (Phi) is 16.9. The van der Waals surface area contributed by atoms with Gasteiger partial charge in [0.2, 0.25) is 23.6 Å². The highest BCUT2D eigenvalue weighted by Crippen LogP contribution is 2.25. The molecule has 3 aromatic rings. The first-order valence-electron chi connectivity index (χ1n) is 19.8. The van der Waals surface area contributed by atoms with E-state index in [9.17, 15) is 24.0 Å². The molecule has 8 N–H and O–H groups in total. The number of likely N-dealkylation sites (tertiary alicyclic amines) is 1. The third-order valence-corrected chi connectivity index (χ3v) is 10.0. The Morgan fingerprint density at radius 2 is 1.54 bits per heavy atom. The number of carbonyl (C=O) groups is 4. The average Bonchev–Trinajstić information content (AvgIpc) is 3.52. The van der Waals surface area contributed by atoms with Crippen molar-refractivity contribution in [2.45, 2.75) is 102 Å². The molecule has 0 unspecified atom stereocenters. The highest BCUT2D eigenvalue weighted by molar-refractivity contribution is 5.95. The zero-order valence-corrected chi connectivity index (χ0v) is 33.0. The molecule has 1 fully saturated rings. The smallest absolute Gasteiger partial charge is 0.326 e. The fourth-order valence-corrected chi connectivity index (χ4v) is 7.08. The van der Waals surface area contributed by atoms with Gasteiger partial charge in [-0.15, -0.1) is 0 Å². The van der Waals surface area contributed by atoms with Crippen LogP contribution in [0.3, 0.4) is 0 Å². The van der Waals surface area contributed by atoms with Crippen molar-refractivity contribution >= 4 is 34.7 Å². The lowest BCUT2D eigenvalue weighted by Gasteiger charge is -2.35. The van der Waals surface area contributed by atoms with Crippen molar-refractivity contribution in [3.8, 4) is 0 Å². The molecule has 4 atom stereocenters. The number of fused-ring (bicyclic) bond motifs is 1. The third kappa shape index (κ3) is 12.6. The largest absolute Gasteiger partial charge is 0.343 e. The number of piperidine rings is 1. The van der Waals surface area contributed by atoms with E-state index in [1.807, 2.05) is 93.6 Å². The van der Waals surface area contributed by atoms with E-state index in [-0.39, 0.29) is 36.4 Å². The molecule has 2 heterocycles. The molecule has 1 saturated heterocycles. The Morgan fingerprint density at radius 1 is 0.893 bits per heavy atom. The predicted octanol–water partition coefficient (Wildman–Crippen LogP) is 3.77. The predicted molar refractivity (Wildman–Crippen MR) is 221 cm³/mol. The lowest BCUT2D eigenvalue weighted by Crippen LogP contribution is -2.59.